The van der Waals surface area contributed by atoms with E-state index in [1.165, 1.54) is 0 Å². The largest absolute Gasteiger partial charge is 0.469 e. The molecule has 3 aromatic rings. The van der Waals surface area contributed by atoms with Crippen LogP contribution in [-0.4, -0.2) is 0 Å². The van der Waals surface area contributed by atoms with Crippen molar-refractivity contribution < 1.29 is 8.83 Å². The number of nitrogens with two attached hydrogens (primary N) is 1. The first kappa shape index (κ1) is 12.5. The summed E-state index contributed by atoms with van der Waals surface area (Å²) in [6.45, 7) is 0. The second-order valence-corrected chi connectivity index (χ2v) is 5.16. The number of hydrogen-bond donors (Lipinski definition) is 2. The number of nitrogens with one attached hydrogen (secondary N) is 1. The molecule has 0 saturated carbocycles. The molecule has 1 aromatic carbocycles. The van der Waals surface area contributed by atoms with Gasteiger partial charge in [0.15, 0.2) is 0 Å². The van der Waals surface area contributed by atoms with Crippen molar-refractivity contribution >= 4 is 26.9 Å². The van der Waals surface area contributed by atoms with E-state index in [9.17, 15) is 0 Å². The van der Waals surface area contributed by atoms with Gasteiger partial charge in [-0.1, -0.05) is 12.1 Å². The van der Waals surface area contributed by atoms with E-state index in [1.807, 2.05) is 36.4 Å². The standard InChI is InChI=1S/C14H13BrN2O2/c15-11-5-1-3-9-7-13(19-14(9)11)12(17-16)8-10-4-2-6-18-10/h1-7,12,17H,8,16H2. The molecule has 0 fully saturated rings. The first-order chi connectivity index (χ1) is 9.28. The Kier molecular flexibility index (Phi) is 3.42. The van der Waals surface area contributed by atoms with Crippen LogP contribution in [0.3, 0.4) is 0 Å². The highest BCUT2D eigenvalue weighted by Gasteiger charge is 2.17. The zero-order valence-electron chi connectivity index (χ0n) is 10.1. The molecule has 3 rings (SSSR count). The predicted molar refractivity (Wildman–Crippen MR) is 76.4 cm³/mol. The molecule has 0 aliphatic rings. The van der Waals surface area contributed by atoms with Crippen LogP contribution in [-0.2, 0) is 6.42 Å². The summed E-state index contributed by atoms with van der Waals surface area (Å²) in [5, 5.41) is 1.05. The van der Waals surface area contributed by atoms with Crippen molar-refractivity contribution in [3.63, 3.8) is 0 Å². The molecule has 2 aromatic heterocycles. The quantitative estimate of drug-likeness (QED) is 0.570. The summed E-state index contributed by atoms with van der Waals surface area (Å²) in [6.07, 6.45) is 2.29. The van der Waals surface area contributed by atoms with Gasteiger partial charge in [-0.15, -0.1) is 0 Å². The van der Waals surface area contributed by atoms with Crippen molar-refractivity contribution in [2.75, 3.05) is 0 Å². The summed E-state index contributed by atoms with van der Waals surface area (Å²) in [4.78, 5) is 0. The minimum atomic E-state index is -0.120. The van der Waals surface area contributed by atoms with Crippen LogP contribution in [0.25, 0.3) is 11.0 Å². The summed E-state index contributed by atoms with van der Waals surface area (Å²) in [5.41, 5.74) is 3.60. The smallest absolute Gasteiger partial charge is 0.148 e. The van der Waals surface area contributed by atoms with Crippen LogP contribution >= 0.6 is 15.9 Å². The third-order valence-electron chi connectivity index (χ3n) is 3.05. The fraction of sp³-hybridized carbons (Fsp3) is 0.143. The third kappa shape index (κ3) is 2.45. The average molecular weight is 321 g/mol. The summed E-state index contributed by atoms with van der Waals surface area (Å²) >= 11 is 3.48. The second-order valence-electron chi connectivity index (χ2n) is 4.31. The number of para-hydroxylation sites is 1. The Morgan fingerprint density at radius 1 is 1.26 bits per heavy atom. The van der Waals surface area contributed by atoms with Gasteiger partial charge >= 0.3 is 0 Å². The molecule has 1 atom stereocenters. The Hall–Kier alpha value is -1.56. The Balaban J connectivity index is 1.95. The molecule has 0 radical (unpaired) electrons. The fourth-order valence-electron chi connectivity index (χ4n) is 2.09. The lowest BCUT2D eigenvalue weighted by Crippen LogP contribution is -2.29. The van der Waals surface area contributed by atoms with Gasteiger partial charge in [0.2, 0.25) is 0 Å². The van der Waals surface area contributed by atoms with Crippen molar-refractivity contribution in [3.8, 4) is 0 Å². The van der Waals surface area contributed by atoms with Crippen molar-refractivity contribution in [2.45, 2.75) is 12.5 Å². The summed E-state index contributed by atoms with van der Waals surface area (Å²) < 4.78 is 12.1. The van der Waals surface area contributed by atoms with E-state index in [2.05, 4.69) is 21.4 Å². The number of hydrazine groups is 1. The highest BCUT2D eigenvalue weighted by atomic mass is 79.9. The van der Waals surface area contributed by atoms with E-state index >= 15 is 0 Å². The molecule has 3 N–H and O–H groups in total. The van der Waals surface area contributed by atoms with Gasteiger partial charge in [0.05, 0.1) is 16.8 Å². The second kappa shape index (κ2) is 5.21. The van der Waals surface area contributed by atoms with E-state index in [-0.39, 0.29) is 6.04 Å². The number of furan rings is 2. The van der Waals surface area contributed by atoms with Crippen molar-refractivity contribution in [1.29, 1.82) is 0 Å². The van der Waals surface area contributed by atoms with Gasteiger partial charge in [0.25, 0.3) is 0 Å². The minimum Gasteiger partial charge on any atom is -0.469 e. The molecular weight excluding hydrogens is 308 g/mol. The van der Waals surface area contributed by atoms with E-state index in [1.54, 1.807) is 6.26 Å². The number of halogens is 1. The maximum atomic E-state index is 5.87. The number of benzene rings is 1. The van der Waals surface area contributed by atoms with Crippen LogP contribution in [0.2, 0.25) is 0 Å². The van der Waals surface area contributed by atoms with Crippen molar-refractivity contribution in [1.82, 2.24) is 5.43 Å². The first-order valence-electron chi connectivity index (χ1n) is 5.94. The maximum absolute atomic E-state index is 5.87. The summed E-state index contributed by atoms with van der Waals surface area (Å²) in [7, 11) is 0. The number of rotatable bonds is 4. The molecule has 4 nitrogen and oxygen atoms in total. The van der Waals surface area contributed by atoms with Gasteiger partial charge < -0.3 is 8.83 Å². The highest BCUT2D eigenvalue weighted by molar-refractivity contribution is 9.10. The van der Waals surface area contributed by atoms with Crippen LogP contribution in [0.15, 0.2) is 56.0 Å². The molecule has 0 saturated heterocycles. The van der Waals surface area contributed by atoms with Gasteiger partial charge in [0, 0.05) is 11.8 Å². The number of fused-ring (bicyclic) bond motifs is 1. The van der Waals surface area contributed by atoms with Gasteiger partial charge in [0.1, 0.15) is 17.1 Å². The Bertz CT molecular complexity index is 676. The zero-order chi connectivity index (χ0) is 13.2. The predicted octanol–water partition coefficient (Wildman–Crippen LogP) is 3.54. The lowest BCUT2D eigenvalue weighted by Gasteiger charge is -2.11. The molecule has 1 unspecified atom stereocenters. The monoisotopic (exact) mass is 320 g/mol. The van der Waals surface area contributed by atoms with E-state index in [0.717, 1.165) is 27.0 Å². The molecule has 0 amide bonds. The first-order valence-corrected chi connectivity index (χ1v) is 6.73. The average Bonchev–Trinajstić information content (AvgIpc) is 3.05. The molecule has 2 heterocycles. The van der Waals surface area contributed by atoms with Crippen LogP contribution in [0.1, 0.15) is 17.6 Å². The normalized spacial score (nSPS) is 12.9. The van der Waals surface area contributed by atoms with Crippen LogP contribution < -0.4 is 11.3 Å². The molecule has 0 aliphatic carbocycles. The Labute approximate surface area is 118 Å². The van der Waals surface area contributed by atoms with Crippen molar-refractivity contribution in [2.24, 2.45) is 5.84 Å². The van der Waals surface area contributed by atoms with Crippen molar-refractivity contribution in [3.05, 3.63) is 58.7 Å². The highest BCUT2D eigenvalue weighted by Crippen LogP contribution is 2.30. The Morgan fingerprint density at radius 2 is 2.16 bits per heavy atom. The lowest BCUT2D eigenvalue weighted by molar-refractivity contribution is 0.400. The molecule has 19 heavy (non-hydrogen) atoms. The third-order valence-corrected chi connectivity index (χ3v) is 3.67. The van der Waals surface area contributed by atoms with E-state index < -0.39 is 0 Å². The minimum absolute atomic E-state index is 0.120. The van der Waals surface area contributed by atoms with Gasteiger partial charge in [-0.05, 0) is 40.2 Å². The Morgan fingerprint density at radius 3 is 2.84 bits per heavy atom. The van der Waals surface area contributed by atoms with Gasteiger partial charge in [-0.25, -0.2) is 5.43 Å². The summed E-state index contributed by atoms with van der Waals surface area (Å²) in [5.74, 6) is 7.27. The van der Waals surface area contributed by atoms with Crippen LogP contribution in [0.4, 0.5) is 0 Å². The molecule has 0 spiro atoms. The number of hydrogen-bond acceptors (Lipinski definition) is 4. The maximum Gasteiger partial charge on any atom is 0.148 e. The topological polar surface area (TPSA) is 64.3 Å². The molecular formula is C14H13BrN2O2. The zero-order valence-corrected chi connectivity index (χ0v) is 11.7. The lowest BCUT2D eigenvalue weighted by atomic mass is 10.1. The molecule has 0 bridgehead atoms. The van der Waals surface area contributed by atoms with Gasteiger partial charge in [-0.3, -0.25) is 5.84 Å². The summed E-state index contributed by atoms with van der Waals surface area (Å²) in [6, 6.07) is 11.6. The van der Waals surface area contributed by atoms with E-state index in [4.69, 9.17) is 14.7 Å². The SMILES string of the molecule is NNC(Cc1ccco1)c1cc2cccc(Br)c2o1. The van der Waals surface area contributed by atoms with Crippen LogP contribution in [0, 0.1) is 0 Å². The van der Waals surface area contributed by atoms with E-state index in [0.29, 0.717) is 6.42 Å². The molecule has 0 aliphatic heterocycles. The van der Waals surface area contributed by atoms with Crippen LogP contribution in [0.5, 0.6) is 0 Å². The fourth-order valence-corrected chi connectivity index (χ4v) is 2.55. The van der Waals surface area contributed by atoms with Gasteiger partial charge in [-0.2, -0.15) is 0 Å². The molecule has 5 heteroatoms. The molecule has 98 valence electrons.